The van der Waals surface area contributed by atoms with Crippen LogP contribution in [0.3, 0.4) is 0 Å². The first-order chi connectivity index (χ1) is 11.2. The number of ketones is 1. The molecule has 2 aromatic rings. The molecule has 0 bridgehead atoms. The Labute approximate surface area is 137 Å². The highest BCUT2D eigenvalue weighted by Crippen LogP contribution is 2.23. The molecule has 0 N–H and O–H groups in total. The van der Waals surface area contributed by atoms with Gasteiger partial charge in [0.25, 0.3) is 0 Å². The van der Waals surface area contributed by atoms with E-state index in [0.717, 1.165) is 48.8 Å². The largest absolute Gasteiger partial charge is 0.341 e. The third kappa shape index (κ3) is 3.31. The Morgan fingerprint density at radius 3 is 2.57 bits per heavy atom. The van der Waals surface area contributed by atoms with E-state index >= 15 is 0 Å². The molecule has 3 rings (SSSR count). The first-order valence-corrected chi connectivity index (χ1v) is 8.59. The minimum Gasteiger partial charge on any atom is -0.341 e. The molecule has 0 radical (unpaired) electrons. The van der Waals surface area contributed by atoms with Crippen LogP contribution in [0.2, 0.25) is 0 Å². The van der Waals surface area contributed by atoms with Crippen molar-refractivity contribution in [1.29, 1.82) is 0 Å². The minimum atomic E-state index is 0.153. The summed E-state index contributed by atoms with van der Waals surface area (Å²) in [5.74, 6) is 0.313. The fourth-order valence-electron chi connectivity index (χ4n) is 3.35. The van der Waals surface area contributed by atoms with Crippen molar-refractivity contribution in [1.82, 2.24) is 9.47 Å². The minimum absolute atomic E-state index is 0.153. The van der Waals surface area contributed by atoms with E-state index in [-0.39, 0.29) is 11.7 Å². The second kappa shape index (κ2) is 6.99. The molecule has 0 aliphatic carbocycles. The van der Waals surface area contributed by atoms with Gasteiger partial charge in [0.2, 0.25) is 5.91 Å². The molecule has 1 aromatic carbocycles. The van der Waals surface area contributed by atoms with E-state index in [1.54, 1.807) is 0 Å². The van der Waals surface area contributed by atoms with E-state index in [2.05, 4.69) is 0 Å². The van der Waals surface area contributed by atoms with E-state index in [9.17, 15) is 9.59 Å². The number of hydrogen-bond acceptors (Lipinski definition) is 2. The third-order valence-electron chi connectivity index (χ3n) is 4.58. The maximum Gasteiger partial charge on any atom is 0.242 e. The molecule has 4 heteroatoms. The molecule has 4 nitrogen and oxygen atoms in total. The van der Waals surface area contributed by atoms with Gasteiger partial charge in [0, 0.05) is 42.2 Å². The maximum atomic E-state index is 12.5. The molecule has 0 atom stereocenters. The predicted molar refractivity (Wildman–Crippen MR) is 91.6 cm³/mol. The number of carbonyl (C=O) groups is 2. The average Bonchev–Trinajstić information content (AvgIpc) is 2.95. The lowest BCUT2D eigenvalue weighted by molar-refractivity contribution is -0.132. The van der Waals surface area contributed by atoms with Crippen LogP contribution >= 0.6 is 0 Å². The predicted octanol–water partition coefficient (Wildman–Crippen LogP) is 3.64. The molecule has 1 aromatic heterocycles. The van der Waals surface area contributed by atoms with Crippen LogP contribution in [0.25, 0.3) is 10.9 Å². The number of nitrogens with zero attached hydrogens (tertiary/aromatic N) is 2. The number of Topliss-reactive ketones (excluding diaryl/α,β-unsaturated/α-hetero) is 1. The summed E-state index contributed by atoms with van der Waals surface area (Å²) in [4.78, 5) is 26.8. The van der Waals surface area contributed by atoms with Crippen LogP contribution in [0, 0.1) is 0 Å². The molecule has 1 amide bonds. The molecule has 1 aliphatic rings. The number of hydrogen-bond donors (Lipinski definition) is 0. The summed E-state index contributed by atoms with van der Waals surface area (Å²) >= 11 is 0. The van der Waals surface area contributed by atoms with Gasteiger partial charge in [-0.3, -0.25) is 9.59 Å². The van der Waals surface area contributed by atoms with Gasteiger partial charge < -0.3 is 9.47 Å². The molecule has 0 unspecified atom stereocenters. The topological polar surface area (TPSA) is 42.3 Å². The van der Waals surface area contributed by atoms with E-state index in [0.29, 0.717) is 13.0 Å². The summed E-state index contributed by atoms with van der Waals surface area (Å²) in [7, 11) is 0. The van der Waals surface area contributed by atoms with Gasteiger partial charge in [-0.25, -0.2) is 0 Å². The SMILES string of the molecule is CCCC(=O)c1cn(CC(=O)N2CCCCC2)c2ccccc12. The van der Waals surface area contributed by atoms with Crippen molar-refractivity contribution < 1.29 is 9.59 Å². The normalized spacial score (nSPS) is 15.1. The van der Waals surface area contributed by atoms with Crippen LogP contribution in [-0.4, -0.2) is 34.2 Å². The van der Waals surface area contributed by atoms with E-state index < -0.39 is 0 Å². The smallest absolute Gasteiger partial charge is 0.242 e. The van der Waals surface area contributed by atoms with Gasteiger partial charge in [0.15, 0.2) is 5.78 Å². The van der Waals surface area contributed by atoms with Gasteiger partial charge in [-0.05, 0) is 31.7 Å². The zero-order valence-electron chi connectivity index (χ0n) is 13.8. The molecule has 1 fully saturated rings. The summed E-state index contributed by atoms with van der Waals surface area (Å²) in [6.07, 6.45) is 6.66. The molecule has 1 aliphatic heterocycles. The van der Waals surface area contributed by atoms with Gasteiger partial charge >= 0.3 is 0 Å². The van der Waals surface area contributed by atoms with E-state index in [4.69, 9.17) is 0 Å². The zero-order valence-corrected chi connectivity index (χ0v) is 13.8. The number of benzene rings is 1. The number of para-hydroxylation sites is 1. The first kappa shape index (κ1) is 15.8. The highest BCUT2D eigenvalue weighted by molar-refractivity contribution is 6.08. The zero-order chi connectivity index (χ0) is 16.2. The fourth-order valence-corrected chi connectivity index (χ4v) is 3.35. The standard InChI is InChI=1S/C19H24N2O2/c1-2-8-18(22)16-13-21(17-10-5-4-9-15(16)17)14-19(23)20-11-6-3-7-12-20/h4-5,9-10,13H,2-3,6-8,11-12,14H2,1H3. The number of fused-ring (bicyclic) bond motifs is 1. The van der Waals surface area contributed by atoms with Crippen LogP contribution < -0.4 is 0 Å². The third-order valence-corrected chi connectivity index (χ3v) is 4.58. The quantitative estimate of drug-likeness (QED) is 0.791. The summed E-state index contributed by atoms with van der Waals surface area (Å²) in [5, 5.41) is 0.956. The van der Waals surface area contributed by atoms with Crippen molar-refractivity contribution in [2.45, 2.75) is 45.6 Å². The van der Waals surface area contributed by atoms with Crippen LogP contribution in [0.4, 0.5) is 0 Å². The number of piperidine rings is 1. The van der Waals surface area contributed by atoms with Crippen LogP contribution in [0.5, 0.6) is 0 Å². The lowest BCUT2D eigenvalue weighted by Gasteiger charge is -2.27. The van der Waals surface area contributed by atoms with Crippen LogP contribution in [0.1, 0.15) is 49.4 Å². The number of likely N-dealkylation sites (tertiary alicyclic amines) is 1. The van der Waals surface area contributed by atoms with Crippen molar-refractivity contribution in [3.05, 3.63) is 36.0 Å². The maximum absolute atomic E-state index is 12.5. The Hall–Kier alpha value is -2.10. The average molecular weight is 312 g/mol. The second-order valence-electron chi connectivity index (χ2n) is 6.30. The molecular weight excluding hydrogens is 288 g/mol. The fraction of sp³-hybridized carbons (Fsp3) is 0.474. The monoisotopic (exact) mass is 312 g/mol. The van der Waals surface area contributed by atoms with Crippen molar-refractivity contribution in [2.75, 3.05) is 13.1 Å². The first-order valence-electron chi connectivity index (χ1n) is 8.59. The van der Waals surface area contributed by atoms with E-state index in [1.807, 2.05) is 46.9 Å². The summed E-state index contributed by atoms with van der Waals surface area (Å²) in [6.45, 7) is 4.05. The number of carbonyl (C=O) groups excluding carboxylic acids is 2. The lowest BCUT2D eigenvalue weighted by atomic mass is 10.1. The van der Waals surface area contributed by atoms with Crippen LogP contribution in [-0.2, 0) is 11.3 Å². The Morgan fingerprint density at radius 1 is 1.09 bits per heavy atom. The number of aromatic nitrogens is 1. The highest BCUT2D eigenvalue weighted by atomic mass is 16.2. The second-order valence-corrected chi connectivity index (χ2v) is 6.30. The van der Waals surface area contributed by atoms with Crippen molar-refractivity contribution in [3.8, 4) is 0 Å². The summed E-state index contributed by atoms with van der Waals surface area (Å²) in [5.41, 5.74) is 1.71. The molecular formula is C19H24N2O2. The van der Waals surface area contributed by atoms with Crippen LogP contribution in [0.15, 0.2) is 30.5 Å². The molecule has 23 heavy (non-hydrogen) atoms. The van der Waals surface area contributed by atoms with Gasteiger partial charge in [-0.2, -0.15) is 0 Å². The van der Waals surface area contributed by atoms with Gasteiger partial charge in [0.1, 0.15) is 6.54 Å². The molecule has 122 valence electrons. The van der Waals surface area contributed by atoms with E-state index in [1.165, 1.54) is 6.42 Å². The lowest BCUT2D eigenvalue weighted by Crippen LogP contribution is -2.37. The summed E-state index contributed by atoms with van der Waals surface area (Å²) in [6, 6.07) is 7.86. The number of amides is 1. The van der Waals surface area contributed by atoms with Crippen molar-refractivity contribution in [2.24, 2.45) is 0 Å². The Balaban J connectivity index is 1.88. The Bertz CT molecular complexity index is 711. The Morgan fingerprint density at radius 2 is 1.83 bits per heavy atom. The van der Waals surface area contributed by atoms with Gasteiger partial charge in [-0.15, -0.1) is 0 Å². The molecule has 0 spiro atoms. The van der Waals surface area contributed by atoms with Crippen molar-refractivity contribution >= 4 is 22.6 Å². The van der Waals surface area contributed by atoms with Gasteiger partial charge in [0.05, 0.1) is 0 Å². The summed E-state index contributed by atoms with van der Waals surface area (Å²) < 4.78 is 1.94. The van der Waals surface area contributed by atoms with Crippen molar-refractivity contribution in [3.63, 3.8) is 0 Å². The molecule has 1 saturated heterocycles. The Kier molecular flexibility index (Phi) is 4.79. The highest BCUT2D eigenvalue weighted by Gasteiger charge is 2.19. The van der Waals surface area contributed by atoms with Gasteiger partial charge in [-0.1, -0.05) is 25.1 Å². The number of rotatable bonds is 5. The molecule has 2 heterocycles. The molecule has 0 saturated carbocycles.